The summed E-state index contributed by atoms with van der Waals surface area (Å²) in [5.41, 5.74) is 0.989. The molecule has 1 rings (SSSR count). The number of hydrogen-bond donors (Lipinski definition) is 1. The molecule has 1 aromatic heterocycles. The molecule has 4 nitrogen and oxygen atoms in total. The maximum absolute atomic E-state index is 4.48. The second-order valence-electron chi connectivity index (χ2n) is 4.18. The van der Waals surface area contributed by atoms with Crippen molar-refractivity contribution in [2.75, 3.05) is 36.3 Å². The monoisotopic (exact) mass is 254 g/mol. The molecule has 0 aliphatic rings. The van der Waals surface area contributed by atoms with Crippen LogP contribution in [-0.2, 0) is 0 Å². The van der Waals surface area contributed by atoms with E-state index in [1.807, 2.05) is 31.8 Å². The molecule has 1 heterocycles. The van der Waals surface area contributed by atoms with Crippen LogP contribution in [0.4, 0.5) is 11.8 Å². The van der Waals surface area contributed by atoms with Gasteiger partial charge < -0.3 is 10.2 Å². The molecule has 5 heteroatoms. The fourth-order valence-electron chi connectivity index (χ4n) is 1.55. The SMILES string of the molecule is CNc1nc(C)cc(N(C)C(C)CCSC)n1. The Balaban J connectivity index is 2.80. The van der Waals surface area contributed by atoms with E-state index in [0.717, 1.165) is 17.9 Å². The average molecular weight is 254 g/mol. The number of anilines is 2. The number of rotatable bonds is 6. The van der Waals surface area contributed by atoms with E-state index in [1.54, 1.807) is 0 Å². The van der Waals surface area contributed by atoms with E-state index in [0.29, 0.717) is 12.0 Å². The molecule has 0 spiro atoms. The molecule has 0 saturated heterocycles. The molecule has 1 unspecified atom stereocenters. The zero-order valence-corrected chi connectivity index (χ0v) is 12.1. The molecule has 0 aromatic carbocycles. The second kappa shape index (κ2) is 6.69. The van der Waals surface area contributed by atoms with Crippen molar-refractivity contribution >= 4 is 23.5 Å². The number of hydrogen-bond acceptors (Lipinski definition) is 5. The summed E-state index contributed by atoms with van der Waals surface area (Å²) in [4.78, 5) is 11.0. The predicted octanol–water partition coefficient (Wildman–Crippen LogP) is 2.40. The summed E-state index contributed by atoms with van der Waals surface area (Å²) in [7, 11) is 3.93. The van der Waals surface area contributed by atoms with Crippen molar-refractivity contribution in [2.45, 2.75) is 26.3 Å². The summed E-state index contributed by atoms with van der Waals surface area (Å²) in [6.07, 6.45) is 3.30. The van der Waals surface area contributed by atoms with Gasteiger partial charge in [0.25, 0.3) is 0 Å². The molecule has 0 radical (unpaired) electrons. The van der Waals surface area contributed by atoms with E-state index in [1.165, 1.54) is 5.75 Å². The highest BCUT2D eigenvalue weighted by Gasteiger charge is 2.12. The summed E-state index contributed by atoms with van der Waals surface area (Å²) in [6.45, 7) is 4.22. The normalized spacial score (nSPS) is 12.3. The molecule has 0 aliphatic heterocycles. The highest BCUT2D eigenvalue weighted by Crippen LogP contribution is 2.17. The molecule has 0 bridgehead atoms. The van der Waals surface area contributed by atoms with Gasteiger partial charge in [0.1, 0.15) is 5.82 Å². The highest BCUT2D eigenvalue weighted by atomic mass is 32.2. The fourth-order valence-corrected chi connectivity index (χ4v) is 2.13. The molecule has 1 atom stereocenters. The first-order chi connectivity index (χ1) is 8.08. The third-order valence-electron chi connectivity index (χ3n) is 2.83. The quantitative estimate of drug-likeness (QED) is 0.844. The van der Waals surface area contributed by atoms with E-state index >= 15 is 0 Å². The lowest BCUT2D eigenvalue weighted by Gasteiger charge is -2.26. The van der Waals surface area contributed by atoms with Crippen molar-refractivity contribution in [3.63, 3.8) is 0 Å². The first-order valence-corrected chi connectivity index (χ1v) is 7.23. The number of aromatic nitrogens is 2. The van der Waals surface area contributed by atoms with Crippen molar-refractivity contribution < 1.29 is 0 Å². The highest BCUT2D eigenvalue weighted by molar-refractivity contribution is 7.98. The first kappa shape index (κ1) is 14.1. The number of aryl methyl sites for hydroxylation is 1. The van der Waals surface area contributed by atoms with Gasteiger partial charge in [-0.3, -0.25) is 0 Å². The standard InChI is InChI=1S/C12H22N4S/c1-9-8-11(15-12(13-3)14-9)16(4)10(2)6-7-17-5/h8,10H,6-7H2,1-5H3,(H,13,14,15). The zero-order chi connectivity index (χ0) is 12.8. The van der Waals surface area contributed by atoms with Crippen LogP contribution in [0.25, 0.3) is 0 Å². The van der Waals surface area contributed by atoms with Crippen LogP contribution in [0.5, 0.6) is 0 Å². The molecular formula is C12H22N4S. The van der Waals surface area contributed by atoms with Gasteiger partial charge in [-0.1, -0.05) is 0 Å². The molecule has 0 amide bonds. The lowest BCUT2D eigenvalue weighted by Crippen LogP contribution is -2.30. The molecule has 0 aliphatic carbocycles. The predicted molar refractivity (Wildman–Crippen MR) is 77.2 cm³/mol. The van der Waals surface area contributed by atoms with E-state index in [2.05, 4.69) is 40.4 Å². The summed E-state index contributed by atoms with van der Waals surface area (Å²) in [6, 6.07) is 2.51. The van der Waals surface area contributed by atoms with Crippen LogP contribution in [-0.4, -0.2) is 42.1 Å². The van der Waals surface area contributed by atoms with Crippen LogP contribution in [0.15, 0.2) is 6.07 Å². The van der Waals surface area contributed by atoms with Crippen molar-refractivity contribution in [1.82, 2.24) is 9.97 Å². The molecular weight excluding hydrogens is 232 g/mol. The summed E-state index contributed by atoms with van der Waals surface area (Å²) in [5, 5.41) is 2.99. The first-order valence-electron chi connectivity index (χ1n) is 5.83. The van der Waals surface area contributed by atoms with Crippen LogP contribution < -0.4 is 10.2 Å². The van der Waals surface area contributed by atoms with E-state index in [9.17, 15) is 0 Å². The van der Waals surface area contributed by atoms with Gasteiger partial charge in [0.2, 0.25) is 5.95 Å². The Kier molecular flexibility index (Phi) is 5.55. The van der Waals surface area contributed by atoms with E-state index in [-0.39, 0.29) is 0 Å². The topological polar surface area (TPSA) is 41.1 Å². The Labute approximate surface area is 108 Å². The maximum atomic E-state index is 4.48. The maximum Gasteiger partial charge on any atom is 0.224 e. The third kappa shape index (κ3) is 4.07. The van der Waals surface area contributed by atoms with Crippen molar-refractivity contribution in [1.29, 1.82) is 0 Å². The van der Waals surface area contributed by atoms with Gasteiger partial charge in [-0.05, 0) is 32.3 Å². The lowest BCUT2D eigenvalue weighted by atomic mass is 10.2. The Bertz CT molecular complexity index is 356. The van der Waals surface area contributed by atoms with Crippen molar-refractivity contribution in [3.8, 4) is 0 Å². The largest absolute Gasteiger partial charge is 0.357 e. The Morgan fingerprint density at radius 3 is 2.76 bits per heavy atom. The smallest absolute Gasteiger partial charge is 0.224 e. The zero-order valence-electron chi connectivity index (χ0n) is 11.3. The summed E-state index contributed by atoms with van der Waals surface area (Å²) in [5.74, 6) is 2.84. The Morgan fingerprint density at radius 2 is 2.18 bits per heavy atom. The van der Waals surface area contributed by atoms with Gasteiger partial charge >= 0.3 is 0 Å². The van der Waals surface area contributed by atoms with E-state index in [4.69, 9.17) is 0 Å². The minimum atomic E-state index is 0.487. The summed E-state index contributed by atoms with van der Waals surface area (Å²) >= 11 is 1.88. The average Bonchev–Trinajstić information content (AvgIpc) is 2.34. The van der Waals surface area contributed by atoms with Crippen molar-refractivity contribution in [3.05, 3.63) is 11.8 Å². The second-order valence-corrected chi connectivity index (χ2v) is 5.17. The fraction of sp³-hybridized carbons (Fsp3) is 0.667. The number of thioether (sulfide) groups is 1. The van der Waals surface area contributed by atoms with E-state index < -0.39 is 0 Å². The Hall–Kier alpha value is -0.970. The van der Waals surface area contributed by atoms with Gasteiger partial charge in [0.05, 0.1) is 0 Å². The van der Waals surface area contributed by atoms with Gasteiger partial charge in [0.15, 0.2) is 0 Å². The molecule has 1 N–H and O–H groups in total. The van der Waals surface area contributed by atoms with Crippen LogP contribution in [0.3, 0.4) is 0 Å². The van der Waals surface area contributed by atoms with Crippen LogP contribution >= 0.6 is 11.8 Å². The number of nitrogens with zero attached hydrogens (tertiary/aromatic N) is 3. The molecule has 17 heavy (non-hydrogen) atoms. The van der Waals surface area contributed by atoms with Crippen LogP contribution in [0.2, 0.25) is 0 Å². The number of nitrogens with one attached hydrogen (secondary N) is 1. The minimum absolute atomic E-state index is 0.487. The lowest BCUT2D eigenvalue weighted by molar-refractivity contribution is 0.661. The molecule has 1 aromatic rings. The van der Waals surface area contributed by atoms with Crippen LogP contribution in [0.1, 0.15) is 19.0 Å². The van der Waals surface area contributed by atoms with Gasteiger partial charge in [-0.2, -0.15) is 16.7 Å². The van der Waals surface area contributed by atoms with Gasteiger partial charge in [-0.25, -0.2) is 4.98 Å². The summed E-state index contributed by atoms with van der Waals surface area (Å²) < 4.78 is 0. The van der Waals surface area contributed by atoms with Crippen molar-refractivity contribution in [2.24, 2.45) is 0 Å². The molecule has 0 fully saturated rings. The Morgan fingerprint density at radius 1 is 1.47 bits per heavy atom. The van der Waals surface area contributed by atoms with Crippen LogP contribution in [0, 0.1) is 6.92 Å². The minimum Gasteiger partial charge on any atom is -0.357 e. The molecule has 96 valence electrons. The molecule has 0 saturated carbocycles. The van der Waals surface area contributed by atoms with Gasteiger partial charge in [-0.15, -0.1) is 0 Å². The van der Waals surface area contributed by atoms with Gasteiger partial charge in [0, 0.05) is 31.9 Å². The third-order valence-corrected chi connectivity index (χ3v) is 3.47.